The van der Waals surface area contributed by atoms with Crippen molar-refractivity contribution >= 4 is 23.5 Å². The molecule has 26 heavy (non-hydrogen) atoms. The van der Waals surface area contributed by atoms with Gasteiger partial charge in [-0.25, -0.2) is 9.59 Å². The molecule has 2 aromatic carbocycles. The Labute approximate surface area is 152 Å². The van der Waals surface area contributed by atoms with E-state index in [4.69, 9.17) is 9.47 Å². The lowest BCUT2D eigenvalue weighted by Gasteiger charge is -2.16. The fraction of sp³-hybridized carbons (Fsp3) is 0.250. The highest BCUT2D eigenvalue weighted by Crippen LogP contribution is 2.23. The molecule has 0 radical (unpaired) electrons. The maximum Gasteiger partial charge on any atom is 0.337 e. The van der Waals surface area contributed by atoms with Gasteiger partial charge in [-0.1, -0.05) is 37.3 Å². The molecule has 0 spiro atoms. The topological polar surface area (TPSA) is 81.7 Å². The molecule has 2 aromatic rings. The van der Waals surface area contributed by atoms with E-state index in [1.165, 1.54) is 32.4 Å². The molecule has 1 amide bonds. The number of hydrogen-bond acceptors (Lipinski definition) is 5. The highest BCUT2D eigenvalue weighted by atomic mass is 16.5. The Balaban J connectivity index is 2.33. The summed E-state index contributed by atoms with van der Waals surface area (Å²) in [5.74, 6) is -1.79. The van der Waals surface area contributed by atoms with Gasteiger partial charge in [-0.2, -0.15) is 0 Å². The van der Waals surface area contributed by atoms with Crippen LogP contribution in [-0.4, -0.2) is 32.1 Å². The molecule has 6 nitrogen and oxygen atoms in total. The van der Waals surface area contributed by atoms with Crippen LogP contribution in [0.2, 0.25) is 0 Å². The van der Waals surface area contributed by atoms with E-state index in [0.717, 1.165) is 5.56 Å². The van der Waals surface area contributed by atoms with Crippen LogP contribution in [0.3, 0.4) is 0 Å². The van der Waals surface area contributed by atoms with Crippen LogP contribution in [0.4, 0.5) is 5.69 Å². The third-order valence-corrected chi connectivity index (χ3v) is 3.97. The number of amides is 1. The first-order chi connectivity index (χ1) is 12.5. The molecule has 0 unspecified atom stereocenters. The molecule has 0 aliphatic carbocycles. The molecular formula is C20H21NO5. The number of nitrogens with one attached hydrogen (secondary N) is 1. The van der Waals surface area contributed by atoms with E-state index in [1.54, 1.807) is 0 Å². The number of methoxy groups -OCH3 is 2. The number of hydrogen-bond donors (Lipinski definition) is 1. The fourth-order valence-corrected chi connectivity index (χ4v) is 2.66. The van der Waals surface area contributed by atoms with Crippen LogP contribution in [0.15, 0.2) is 48.5 Å². The molecule has 0 aromatic heterocycles. The molecule has 0 saturated heterocycles. The molecule has 0 bridgehead atoms. The number of carbonyl (C=O) groups excluding carboxylic acids is 3. The zero-order valence-electron chi connectivity index (χ0n) is 14.9. The Morgan fingerprint density at radius 1 is 0.923 bits per heavy atom. The van der Waals surface area contributed by atoms with Crippen molar-refractivity contribution in [3.8, 4) is 0 Å². The fourth-order valence-electron chi connectivity index (χ4n) is 2.66. The normalized spacial score (nSPS) is 11.3. The summed E-state index contributed by atoms with van der Waals surface area (Å²) in [6, 6.07) is 13.7. The van der Waals surface area contributed by atoms with E-state index in [2.05, 4.69) is 5.32 Å². The second-order valence-corrected chi connectivity index (χ2v) is 5.64. The molecule has 0 saturated carbocycles. The summed E-state index contributed by atoms with van der Waals surface area (Å²) in [5.41, 5.74) is 1.52. The maximum absolute atomic E-state index is 12.7. The first-order valence-corrected chi connectivity index (χ1v) is 8.17. The van der Waals surface area contributed by atoms with Crippen molar-refractivity contribution in [3.05, 3.63) is 65.2 Å². The number of carbonyl (C=O) groups is 3. The van der Waals surface area contributed by atoms with Crippen molar-refractivity contribution in [2.75, 3.05) is 19.5 Å². The van der Waals surface area contributed by atoms with Crippen LogP contribution in [-0.2, 0) is 14.3 Å². The lowest BCUT2D eigenvalue weighted by Crippen LogP contribution is -2.21. The second kappa shape index (κ2) is 8.80. The summed E-state index contributed by atoms with van der Waals surface area (Å²) in [7, 11) is 2.49. The van der Waals surface area contributed by atoms with Crippen LogP contribution in [0, 0.1) is 0 Å². The number of esters is 2. The van der Waals surface area contributed by atoms with Gasteiger partial charge in [-0.3, -0.25) is 4.79 Å². The summed E-state index contributed by atoms with van der Waals surface area (Å²) >= 11 is 0. The van der Waals surface area contributed by atoms with Gasteiger partial charge >= 0.3 is 11.9 Å². The Bertz CT molecular complexity index is 767. The van der Waals surface area contributed by atoms with Gasteiger partial charge in [-0.15, -0.1) is 0 Å². The SMILES string of the molecule is CC[C@H](C(=O)Nc1cc(C(=O)OC)cc(C(=O)OC)c1)c1ccccc1. The van der Waals surface area contributed by atoms with Gasteiger partial charge in [0.25, 0.3) is 0 Å². The van der Waals surface area contributed by atoms with E-state index in [-0.39, 0.29) is 23.0 Å². The smallest absolute Gasteiger partial charge is 0.337 e. The number of rotatable bonds is 6. The zero-order chi connectivity index (χ0) is 19.1. The number of ether oxygens (including phenoxy) is 2. The van der Waals surface area contributed by atoms with Crippen molar-refractivity contribution in [3.63, 3.8) is 0 Å². The van der Waals surface area contributed by atoms with Crippen molar-refractivity contribution in [1.82, 2.24) is 0 Å². The van der Waals surface area contributed by atoms with Gasteiger partial charge in [0.1, 0.15) is 0 Å². The van der Waals surface area contributed by atoms with Gasteiger partial charge < -0.3 is 14.8 Å². The van der Waals surface area contributed by atoms with Crippen LogP contribution >= 0.6 is 0 Å². The van der Waals surface area contributed by atoms with Crippen LogP contribution < -0.4 is 5.32 Å². The average molecular weight is 355 g/mol. The van der Waals surface area contributed by atoms with E-state index in [0.29, 0.717) is 12.1 Å². The van der Waals surface area contributed by atoms with Gasteiger partial charge in [0.05, 0.1) is 31.3 Å². The molecule has 0 fully saturated rings. The summed E-state index contributed by atoms with van der Waals surface area (Å²) < 4.78 is 9.40. The van der Waals surface area contributed by atoms with Crippen LogP contribution in [0.1, 0.15) is 45.5 Å². The first-order valence-electron chi connectivity index (χ1n) is 8.17. The van der Waals surface area contributed by atoms with Crippen molar-refractivity contribution < 1.29 is 23.9 Å². The molecule has 2 rings (SSSR count). The minimum atomic E-state index is -0.610. The van der Waals surface area contributed by atoms with Gasteiger partial charge in [-0.05, 0) is 30.2 Å². The monoisotopic (exact) mass is 355 g/mol. The molecular weight excluding hydrogens is 334 g/mol. The van der Waals surface area contributed by atoms with E-state index >= 15 is 0 Å². The number of anilines is 1. The molecule has 1 N–H and O–H groups in total. The zero-order valence-corrected chi connectivity index (χ0v) is 14.9. The first kappa shape index (κ1) is 19.2. The van der Waals surface area contributed by atoms with Crippen LogP contribution in [0.25, 0.3) is 0 Å². The van der Waals surface area contributed by atoms with E-state index < -0.39 is 11.9 Å². The predicted molar refractivity (Wildman–Crippen MR) is 97.2 cm³/mol. The molecule has 1 atom stereocenters. The standard InChI is InChI=1S/C20H21NO5/c1-4-17(13-8-6-5-7-9-13)18(22)21-16-11-14(19(23)25-2)10-15(12-16)20(24)26-3/h5-12,17H,4H2,1-3H3,(H,21,22)/t17-/m0/s1. The lowest BCUT2D eigenvalue weighted by molar-refractivity contribution is -0.117. The Morgan fingerprint density at radius 2 is 1.46 bits per heavy atom. The minimum absolute atomic E-state index is 0.151. The van der Waals surface area contributed by atoms with Crippen molar-refractivity contribution in [2.45, 2.75) is 19.3 Å². The van der Waals surface area contributed by atoms with Gasteiger partial charge in [0, 0.05) is 5.69 Å². The van der Waals surface area contributed by atoms with Crippen molar-refractivity contribution in [1.29, 1.82) is 0 Å². The van der Waals surface area contributed by atoms with Crippen molar-refractivity contribution in [2.24, 2.45) is 0 Å². The largest absolute Gasteiger partial charge is 0.465 e. The second-order valence-electron chi connectivity index (χ2n) is 5.64. The number of benzene rings is 2. The summed E-state index contributed by atoms with van der Waals surface area (Å²) in [4.78, 5) is 36.4. The highest BCUT2D eigenvalue weighted by Gasteiger charge is 2.20. The molecule has 6 heteroatoms. The average Bonchev–Trinajstić information content (AvgIpc) is 2.67. The summed E-state index contributed by atoms with van der Waals surface area (Å²) in [6.07, 6.45) is 0.608. The van der Waals surface area contributed by atoms with Gasteiger partial charge in [0.2, 0.25) is 5.91 Å². The Morgan fingerprint density at radius 3 is 1.92 bits per heavy atom. The third kappa shape index (κ3) is 4.47. The maximum atomic E-state index is 12.7. The molecule has 0 aliphatic rings. The molecule has 0 heterocycles. The summed E-state index contributed by atoms with van der Waals surface area (Å²) in [5, 5.41) is 2.78. The van der Waals surface area contributed by atoms with E-state index in [1.807, 2.05) is 37.3 Å². The van der Waals surface area contributed by atoms with Gasteiger partial charge in [0.15, 0.2) is 0 Å². The lowest BCUT2D eigenvalue weighted by atomic mass is 9.95. The van der Waals surface area contributed by atoms with Crippen LogP contribution in [0.5, 0.6) is 0 Å². The predicted octanol–water partition coefficient (Wildman–Crippen LogP) is 3.39. The Kier molecular flexibility index (Phi) is 6.49. The Hall–Kier alpha value is -3.15. The third-order valence-electron chi connectivity index (χ3n) is 3.97. The van der Waals surface area contributed by atoms with E-state index in [9.17, 15) is 14.4 Å². The summed E-state index contributed by atoms with van der Waals surface area (Å²) in [6.45, 7) is 1.92. The molecule has 136 valence electrons. The minimum Gasteiger partial charge on any atom is -0.465 e. The highest BCUT2D eigenvalue weighted by molar-refractivity contribution is 6.01. The molecule has 0 aliphatic heterocycles. The quantitative estimate of drug-likeness (QED) is 0.803.